The van der Waals surface area contributed by atoms with Crippen molar-refractivity contribution in [3.8, 4) is 5.75 Å². The molecular formula is C19H19F2NO4. The summed E-state index contributed by atoms with van der Waals surface area (Å²) in [6.07, 6.45) is 0.190. The minimum Gasteiger partial charge on any atom is -0.493 e. The molecule has 0 bridgehead atoms. The van der Waals surface area contributed by atoms with E-state index in [9.17, 15) is 23.5 Å². The normalized spacial score (nSPS) is 12.9. The largest absolute Gasteiger partial charge is 0.493 e. The number of carbonyl (C=O) groups is 2. The van der Waals surface area contributed by atoms with Gasteiger partial charge in [-0.15, -0.1) is 0 Å². The minimum absolute atomic E-state index is 0.190. The second kappa shape index (κ2) is 7.95. The highest BCUT2D eigenvalue weighted by Crippen LogP contribution is 2.29. The SMILES string of the molecule is CCC(CNC(=O)c1c(F)ccc(F)c1OC)(C(=O)O)c1ccccc1. The van der Waals surface area contributed by atoms with Crippen LogP contribution in [0.4, 0.5) is 8.78 Å². The molecule has 0 spiro atoms. The third-order valence-electron chi connectivity index (χ3n) is 4.38. The summed E-state index contributed by atoms with van der Waals surface area (Å²) in [5.41, 5.74) is -1.49. The third-order valence-corrected chi connectivity index (χ3v) is 4.38. The zero-order valence-corrected chi connectivity index (χ0v) is 14.4. The van der Waals surface area contributed by atoms with Crippen LogP contribution in [0.15, 0.2) is 42.5 Å². The van der Waals surface area contributed by atoms with Crippen LogP contribution in [0, 0.1) is 11.6 Å². The monoisotopic (exact) mass is 363 g/mol. The maximum atomic E-state index is 14.0. The topological polar surface area (TPSA) is 75.6 Å². The lowest BCUT2D eigenvalue weighted by Gasteiger charge is -2.29. The Labute approximate surface area is 149 Å². The first-order chi connectivity index (χ1) is 12.4. The second-order valence-corrected chi connectivity index (χ2v) is 5.73. The van der Waals surface area contributed by atoms with Crippen LogP contribution in [0.1, 0.15) is 29.3 Å². The molecule has 0 fully saturated rings. The molecule has 0 heterocycles. The molecule has 2 N–H and O–H groups in total. The van der Waals surface area contributed by atoms with E-state index in [2.05, 4.69) is 5.32 Å². The molecule has 7 heteroatoms. The Morgan fingerprint density at radius 3 is 2.27 bits per heavy atom. The van der Waals surface area contributed by atoms with Gasteiger partial charge in [0, 0.05) is 6.54 Å². The van der Waals surface area contributed by atoms with Crippen LogP contribution in [0.2, 0.25) is 0 Å². The fourth-order valence-electron chi connectivity index (χ4n) is 2.80. The quantitative estimate of drug-likeness (QED) is 0.792. The first-order valence-electron chi connectivity index (χ1n) is 7.96. The molecule has 5 nitrogen and oxygen atoms in total. The fourth-order valence-corrected chi connectivity index (χ4v) is 2.80. The zero-order chi connectivity index (χ0) is 19.3. The number of methoxy groups -OCH3 is 1. The van der Waals surface area contributed by atoms with Gasteiger partial charge in [-0.2, -0.15) is 0 Å². The molecule has 0 aliphatic carbocycles. The number of hydrogen-bond acceptors (Lipinski definition) is 3. The van der Waals surface area contributed by atoms with E-state index in [1.54, 1.807) is 37.3 Å². The summed E-state index contributed by atoms with van der Waals surface area (Å²) >= 11 is 0. The number of rotatable bonds is 7. The van der Waals surface area contributed by atoms with E-state index in [0.29, 0.717) is 5.56 Å². The van der Waals surface area contributed by atoms with Gasteiger partial charge >= 0.3 is 5.97 Å². The lowest BCUT2D eigenvalue weighted by molar-refractivity contribution is -0.143. The second-order valence-electron chi connectivity index (χ2n) is 5.73. The number of carboxylic acid groups (broad SMARTS) is 1. The Kier molecular flexibility index (Phi) is 5.92. The predicted octanol–water partition coefficient (Wildman–Crippen LogP) is 3.14. The van der Waals surface area contributed by atoms with Crippen molar-refractivity contribution in [1.29, 1.82) is 0 Å². The summed E-state index contributed by atoms with van der Waals surface area (Å²) in [7, 11) is 1.12. The molecule has 26 heavy (non-hydrogen) atoms. The van der Waals surface area contributed by atoms with Crippen LogP contribution in [0.5, 0.6) is 5.75 Å². The fraction of sp³-hybridized carbons (Fsp3) is 0.263. The predicted molar refractivity (Wildman–Crippen MR) is 91.3 cm³/mol. The summed E-state index contributed by atoms with van der Waals surface area (Å²) in [5.74, 6) is -4.45. The first-order valence-corrected chi connectivity index (χ1v) is 7.96. The Morgan fingerprint density at radius 1 is 1.12 bits per heavy atom. The van der Waals surface area contributed by atoms with Gasteiger partial charge in [-0.05, 0) is 24.1 Å². The molecule has 2 rings (SSSR count). The Balaban J connectivity index is 2.35. The number of benzene rings is 2. The number of aliphatic carboxylic acids is 1. The maximum absolute atomic E-state index is 14.0. The maximum Gasteiger partial charge on any atom is 0.315 e. The van der Waals surface area contributed by atoms with Crippen molar-refractivity contribution >= 4 is 11.9 Å². The smallest absolute Gasteiger partial charge is 0.315 e. The number of hydrogen-bond donors (Lipinski definition) is 2. The van der Waals surface area contributed by atoms with Crippen molar-refractivity contribution in [2.24, 2.45) is 0 Å². The average molecular weight is 363 g/mol. The molecule has 138 valence electrons. The van der Waals surface area contributed by atoms with Gasteiger partial charge < -0.3 is 15.2 Å². The number of ether oxygens (including phenoxy) is 1. The van der Waals surface area contributed by atoms with Crippen molar-refractivity contribution in [2.75, 3.05) is 13.7 Å². The molecule has 1 amide bonds. The number of carbonyl (C=O) groups excluding carboxylic acids is 1. The zero-order valence-electron chi connectivity index (χ0n) is 14.4. The van der Waals surface area contributed by atoms with Gasteiger partial charge in [-0.1, -0.05) is 37.3 Å². The highest BCUT2D eigenvalue weighted by Gasteiger charge is 2.39. The molecule has 2 aromatic carbocycles. The molecule has 0 aromatic heterocycles. The Hall–Kier alpha value is -2.96. The van der Waals surface area contributed by atoms with E-state index in [4.69, 9.17) is 4.74 Å². The van der Waals surface area contributed by atoms with Crippen molar-refractivity contribution in [1.82, 2.24) is 5.32 Å². The van der Waals surface area contributed by atoms with Crippen LogP contribution in [0.3, 0.4) is 0 Å². The highest BCUT2D eigenvalue weighted by atomic mass is 19.1. The molecule has 0 radical (unpaired) electrons. The molecular weight excluding hydrogens is 344 g/mol. The Bertz CT molecular complexity index is 811. The van der Waals surface area contributed by atoms with Crippen molar-refractivity contribution in [2.45, 2.75) is 18.8 Å². The summed E-state index contributed by atoms with van der Waals surface area (Å²) in [6.45, 7) is 1.39. The Morgan fingerprint density at radius 2 is 1.73 bits per heavy atom. The van der Waals surface area contributed by atoms with Crippen molar-refractivity contribution in [3.05, 3.63) is 65.2 Å². The van der Waals surface area contributed by atoms with Gasteiger partial charge in [0.25, 0.3) is 5.91 Å². The van der Waals surface area contributed by atoms with Gasteiger partial charge in [-0.25, -0.2) is 8.78 Å². The number of halogens is 2. The molecule has 2 aromatic rings. The van der Waals surface area contributed by atoms with E-state index in [1.165, 1.54) is 0 Å². The summed E-state index contributed by atoms with van der Waals surface area (Å²) in [5, 5.41) is 12.2. The van der Waals surface area contributed by atoms with Crippen LogP contribution in [0.25, 0.3) is 0 Å². The van der Waals surface area contributed by atoms with Gasteiger partial charge in [0.05, 0.1) is 7.11 Å². The minimum atomic E-state index is -1.39. The van der Waals surface area contributed by atoms with Crippen molar-refractivity contribution < 1.29 is 28.2 Å². The molecule has 0 aliphatic rings. The number of amides is 1. The van der Waals surface area contributed by atoms with E-state index < -0.39 is 40.2 Å². The third kappa shape index (κ3) is 3.51. The van der Waals surface area contributed by atoms with Gasteiger partial charge in [0.15, 0.2) is 11.6 Å². The van der Waals surface area contributed by atoms with Gasteiger partial charge in [0.1, 0.15) is 16.8 Å². The van der Waals surface area contributed by atoms with Crippen LogP contribution >= 0.6 is 0 Å². The number of nitrogens with one attached hydrogen (secondary N) is 1. The van der Waals surface area contributed by atoms with Crippen LogP contribution in [-0.2, 0) is 10.2 Å². The summed E-state index contributed by atoms with van der Waals surface area (Å²) < 4.78 is 32.6. The molecule has 1 atom stereocenters. The van der Waals surface area contributed by atoms with Crippen molar-refractivity contribution in [3.63, 3.8) is 0 Å². The first kappa shape index (κ1) is 19.4. The van der Waals surface area contributed by atoms with E-state index in [-0.39, 0.29) is 13.0 Å². The lowest BCUT2D eigenvalue weighted by atomic mass is 9.78. The number of carboxylic acids is 1. The standard InChI is InChI=1S/C19H19F2NO4/c1-3-19(18(24)25,12-7-5-4-6-8-12)11-22-17(23)15-13(20)9-10-14(21)16(15)26-2/h4-10H,3,11H2,1-2H3,(H,22,23)(H,24,25). The van der Waals surface area contributed by atoms with E-state index in [1.807, 2.05) is 0 Å². The van der Waals surface area contributed by atoms with Gasteiger partial charge in [0.2, 0.25) is 0 Å². The van der Waals surface area contributed by atoms with Crippen LogP contribution < -0.4 is 10.1 Å². The molecule has 1 unspecified atom stereocenters. The summed E-state index contributed by atoms with van der Waals surface area (Å²) in [6, 6.07) is 10.1. The molecule has 0 saturated carbocycles. The van der Waals surface area contributed by atoms with Gasteiger partial charge in [-0.3, -0.25) is 9.59 Å². The van der Waals surface area contributed by atoms with E-state index in [0.717, 1.165) is 19.2 Å². The van der Waals surface area contributed by atoms with E-state index >= 15 is 0 Å². The van der Waals surface area contributed by atoms with Crippen LogP contribution in [-0.4, -0.2) is 30.6 Å². The lowest BCUT2D eigenvalue weighted by Crippen LogP contribution is -2.46. The molecule has 0 aliphatic heterocycles. The average Bonchev–Trinajstić information content (AvgIpc) is 2.64. The molecule has 0 saturated heterocycles. The summed E-state index contributed by atoms with van der Waals surface area (Å²) in [4.78, 5) is 24.4. The highest BCUT2D eigenvalue weighted by molar-refractivity contribution is 5.97.